The molecule has 2 aromatic rings. The molecular formula is C38H56NO5-. The topological polar surface area (TPSA) is 88.4 Å². The van der Waals surface area contributed by atoms with Crippen molar-refractivity contribution in [1.82, 2.24) is 4.57 Å². The second kappa shape index (κ2) is 21.5. The Labute approximate surface area is 266 Å². The molecule has 0 amide bonds. The summed E-state index contributed by atoms with van der Waals surface area (Å²) in [4.78, 5) is 36.1. The van der Waals surface area contributed by atoms with Gasteiger partial charge in [0, 0.05) is 29.9 Å². The van der Waals surface area contributed by atoms with E-state index in [1.807, 2.05) is 38.1 Å². The maximum atomic E-state index is 13.4. The first-order valence-corrected chi connectivity index (χ1v) is 17.0. The molecule has 0 atom stereocenters. The second-order valence-corrected chi connectivity index (χ2v) is 12.2. The summed E-state index contributed by atoms with van der Waals surface area (Å²) >= 11 is 0. The van der Waals surface area contributed by atoms with Gasteiger partial charge in [-0.25, -0.2) is 0 Å². The van der Waals surface area contributed by atoms with Crippen molar-refractivity contribution in [2.75, 3.05) is 7.11 Å². The molecule has 0 saturated heterocycles. The van der Waals surface area contributed by atoms with Crippen LogP contribution >= 0.6 is 0 Å². The molecule has 0 N–H and O–H groups in total. The average molecular weight is 607 g/mol. The molecule has 0 spiro atoms. The Morgan fingerprint density at radius 2 is 1.30 bits per heavy atom. The SMILES string of the molecule is CCCCCCCCCCCCCCCCCC(=O)c1c(C)c(CCC(=O)OC)n(Cc2ccc(/C=C/C(=O)[O-])cc2)c1C. The van der Waals surface area contributed by atoms with Gasteiger partial charge in [0.25, 0.3) is 0 Å². The van der Waals surface area contributed by atoms with Crippen molar-refractivity contribution in [3.63, 3.8) is 0 Å². The quantitative estimate of drug-likeness (QED) is 0.0518. The Hall–Kier alpha value is -3.15. The lowest BCUT2D eigenvalue weighted by Crippen LogP contribution is -2.18. The minimum absolute atomic E-state index is 0.176. The molecule has 6 nitrogen and oxygen atoms in total. The van der Waals surface area contributed by atoms with Crippen molar-refractivity contribution in [3.05, 3.63) is 64.0 Å². The number of carboxylic acid groups (broad SMARTS) is 1. The second-order valence-electron chi connectivity index (χ2n) is 12.2. The molecule has 0 aliphatic carbocycles. The van der Waals surface area contributed by atoms with Crippen LogP contribution in [0.1, 0.15) is 155 Å². The first kappa shape index (κ1) is 37.0. The summed E-state index contributed by atoms with van der Waals surface area (Å²) in [6.45, 7) is 6.80. The van der Waals surface area contributed by atoms with Crippen LogP contribution in [0.5, 0.6) is 0 Å². The van der Waals surface area contributed by atoms with E-state index in [2.05, 4.69) is 11.5 Å². The van der Waals surface area contributed by atoms with Crippen LogP contribution in [0.2, 0.25) is 0 Å². The molecular weight excluding hydrogens is 550 g/mol. The van der Waals surface area contributed by atoms with Gasteiger partial charge in [-0.3, -0.25) is 9.59 Å². The zero-order valence-electron chi connectivity index (χ0n) is 27.9. The number of aliphatic carboxylic acids is 1. The standard InChI is InChI=1S/C38H57NO5/c1-5-6-7-8-9-10-11-12-13-14-15-16-17-18-19-20-35(40)38-30(2)34(26-28-37(43)44-4)39(31(38)3)29-33-23-21-32(22-24-33)25-27-36(41)42/h21-25,27H,5-20,26,28-29H2,1-4H3,(H,41,42)/p-1/b27-25+. The number of methoxy groups -OCH3 is 1. The van der Waals surface area contributed by atoms with Crippen LogP contribution in [-0.4, -0.2) is 29.4 Å². The van der Waals surface area contributed by atoms with Crippen LogP contribution in [-0.2, 0) is 27.3 Å². The maximum Gasteiger partial charge on any atom is 0.305 e. The van der Waals surface area contributed by atoms with Crippen LogP contribution in [0.3, 0.4) is 0 Å². The lowest BCUT2D eigenvalue weighted by molar-refractivity contribution is -0.297. The molecule has 1 aromatic carbocycles. The predicted octanol–water partition coefficient (Wildman–Crippen LogP) is 8.47. The van der Waals surface area contributed by atoms with Gasteiger partial charge in [-0.2, -0.15) is 0 Å². The van der Waals surface area contributed by atoms with Gasteiger partial charge in [0.05, 0.1) is 19.5 Å². The van der Waals surface area contributed by atoms with Gasteiger partial charge >= 0.3 is 5.97 Å². The van der Waals surface area contributed by atoms with Gasteiger partial charge in [-0.1, -0.05) is 127 Å². The van der Waals surface area contributed by atoms with Crippen molar-refractivity contribution in [2.24, 2.45) is 0 Å². The molecule has 0 fully saturated rings. The van der Waals surface area contributed by atoms with Crippen molar-refractivity contribution in [3.8, 4) is 0 Å². The van der Waals surface area contributed by atoms with E-state index < -0.39 is 5.97 Å². The van der Waals surface area contributed by atoms with E-state index in [4.69, 9.17) is 4.74 Å². The third-order valence-electron chi connectivity index (χ3n) is 8.71. The summed E-state index contributed by atoms with van der Waals surface area (Å²) < 4.78 is 7.02. The van der Waals surface area contributed by atoms with Crippen LogP contribution in [0.4, 0.5) is 0 Å². The van der Waals surface area contributed by atoms with E-state index in [9.17, 15) is 19.5 Å². The van der Waals surface area contributed by atoms with E-state index >= 15 is 0 Å². The Balaban J connectivity index is 1.86. The first-order valence-electron chi connectivity index (χ1n) is 17.0. The molecule has 0 saturated carbocycles. The molecule has 0 bridgehead atoms. The van der Waals surface area contributed by atoms with Crippen molar-refractivity contribution in [1.29, 1.82) is 0 Å². The highest BCUT2D eigenvalue weighted by Gasteiger charge is 2.23. The maximum absolute atomic E-state index is 13.4. The number of unbranched alkanes of at least 4 members (excludes halogenated alkanes) is 14. The summed E-state index contributed by atoms with van der Waals surface area (Å²) in [5.41, 5.74) is 5.43. The molecule has 1 heterocycles. The number of esters is 1. The number of carboxylic acids is 1. The minimum Gasteiger partial charge on any atom is -0.545 e. The summed E-state index contributed by atoms with van der Waals surface area (Å²) in [6.07, 6.45) is 23.2. The number of ether oxygens (including phenoxy) is 1. The van der Waals surface area contributed by atoms with Gasteiger partial charge in [-0.05, 0) is 49.5 Å². The van der Waals surface area contributed by atoms with E-state index in [1.165, 1.54) is 96.7 Å². The highest BCUT2D eigenvalue weighted by molar-refractivity contribution is 5.99. The third-order valence-corrected chi connectivity index (χ3v) is 8.71. The average Bonchev–Trinajstić information content (AvgIpc) is 3.24. The minimum atomic E-state index is -1.23. The molecule has 6 heteroatoms. The molecule has 0 aliphatic rings. The summed E-state index contributed by atoms with van der Waals surface area (Å²) in [7, 11) is 1.39. The van der Waals surface area contributed by atoms with E-state index in [0.717, 1.165) is 52.6 Å². The van der Waals surface area contributed by atoms with Gasteiger partial charge in [0.2, 0.25) is 0 Å². The predicted molar refractivity (Wildman–Crippen MR) is 178 cm³/mol. The fourth-order valence-electron chi connectivity index (χ4n) is 6.09. The Morgan fingerprint density at radius 1 is 0.773 bits per heavy atom. The number of hydrogen-bond acceptors (Lipinski definition) is 5. The monoisotopic (exact) mass is 606 g/mol. The molecule has 0 unspecified atom stereocenters. The Bertz CT molecular complexity index is 1170. The van der Waals surface area contributed by atoms with Crippen molar-refractivity contribution < 1.29 is 24.2 Å². The Kier molecular flexibility index (Phi) is 18.1. The fraction of sp³-hybridized carbons (Fsp3) is 0.605. The smallest absolute Gasteiger partial charge is 0.305 e. The highest BCUT2D eigenvalue weighted by Crippen LogP contribution is 2.27. The number of nitrogens with zero attached hydrogens (tertiary/aromatic N) is 1. The third kappa shape index (κ3) is 13.7. The molecule has 244 valence electrons. The number of Topliss-reactive ketones (excluding diaryl/α,β-unsaturated/α-hetero) is 1. The molecule has 44 heavy (non-hydrogen) atoms. The zero-order chi connectivity index (χ0) is 32.2. The number of rotatable bonds is 24. The van der Waals surface area contributed by atoms with Crippen LogP contribution in [0.25, 0.3) is 6.08 Å². The summed E-state index contributed by atoms with van der Waals surface area (Å²) in [6, 6.07) is 7.62. The molecule has 0 aliphatic heterocycles. The van der Waals surface area contributed by atoms with Crippen LogP contribution in [0.15, 0.2) is 30.3 Å². The number of ketones is 1. The highest BCUT2D eigenvalue weighted by atomic mass is 16.5. The van der Waals surface area contributed by atoms with Crippen LogP contribution in [0, 0.1) is 13.8 Å². The van der Waals surface area contributed by atoms with Crippen LogP contribution < -0.4 is 5.11 Å². The lowest BCUT2D eigenvalue weighted by Gasteiger charge is -2.13. The van der Waals surface area contributed by atoms with Crippen molar-refractivity contribution >= 4 is 23.8 Å². The molecule has 1 aromatic heterocycles. The molecule has 0 radical (unpaired) electrons. The van der Waals surface area contributed by atoms with Crippen molar-refractivity contribution in [2.45, 2.75) is 143 Å². The zero-order valence-corrected chi connectivity index (χ0v) is 27.9. The van der Waals surface area contributed by atoms with E-state index in [0.29, 0.717) is 19.4 Å². The van der Waals surface area contributed by atoms with E-state index in [-0.39, 0.29) is 18.2 Å². The number of hydrogen-bond donors (Lipinski definition) is 0. The lowest BCUT2D eigenvalue weighted by atomic mass is 9.99. The number of carbonyl (C=O) groups excluding carboxylic acids is 3. The van der Waals surface area contributed by atoms with E-state index in [1.54, 1.807) is 0 Å². The normalized spacial score (nSPS) is 11.4. The first-order chi connectivity index (χ1) is 21.3. The number of benzene rings is 1. The fourth-order valence-corrected chi connectivity index (χ4v) is 6.09. The summed E-state index contributed by atoms with van der Waals surface area (Å²) in [5.74, 6) is -1.33. The number of aromatic nitrogens is 1. The Morgan fingerprint density at radius 3 is 1.80 bits per heavy atom. The number of carbonyl (C=O) groups is 3. The van der Waals surface area contributed by atoms with Gasteiger partial charge < -0.3 is 19.2 Å². The molecule has 2 rings (SSSR count). The summed E-state index contributed by atoms with van der Waals surface area (Å²) in [5, 5.41) is 10.7. The van der Waals surface area contributed by atoms with Gasteiger partial charge in [-0.15, -0.1) is 0 Å². The van der Waals surface area contributed by atoms with Gasteiger partial charge in [0.15, 0.2) is 5.78 Å². The van der Waals surface area contributed by atoms with Gasteiger partial charge in [0.1, 0.15) is 0 Å². The largest absolute Gasteiger partial charge is 0.545 e.